The summed E-state index contributed by atoms with van der Waals surface area (Å²) in [7, 11) is 0. The van der Waals surface area contributed by atoms with Crippen LogP contribution in [0.15, 0.2) is 36.4 Å². The van der Waals surface area contributed by atoms with Gasteiger partial charge in [0.15, 0.2) is 0 Å². The second kappa shape index (κ2) is 7.44. The number of aliphatic carboxylic acids is 3. The zero-order valence-electron chi connectivity index (χ0n) is 10.8. The fraction of sp³-hybridized carbons (Fsp3) is 0. The average Bonchev–Trinajstić information content (AvgIpc) is 2.41. The number of carboxylic acid groups (broad SMARTS) is 3. The Hall–Kier alpha value is -3.15. The molecule has 0 fully saturated rings. The minimum atomic E-state index is -1.14. The van der Waals surface area contributed by atoms with Gasteiger partial charge in [0.2, 0.25) is 0 Å². The highest BCUT2D eigenvalue weighted by molar-refractivity contribution is 5.90. The summed E-state index contributed by atoms with van der Waals surface area (Å²) in [6.45, 7) is 0. The number of hydrogen-bond acceptors (Lipinski definition) is 3. The molecule has 21 heavy (non-hydrogen) atoms. The van der Waals surface area contributed by atoms with Crippen LogP contribution in [0.1, 0.15) is 16.7 Å². The summed E-state index contributed by atoms with van der Waals surface area (Å²) in [5.74, 6) is -3.37. The summed E-state index contributed by atoms with van der Waals surface area (Å²) in [6, 6.07) is 4.72. The van der Waals surface area contributed by atoms with Crippen molar-refractivity contribution in [3.05, 3.63) is 53.1 Å². The van der Waals surface area contributed by atoms with Gasteiger partial charge in [0.1, 0.15) is 0 Å². The molecular weight excluding hydrogens is 276 g/mol. The molecule has 1 aromatic carbocycles. The molecule has 3 N–H and O–H groups in total. The minimum Gasteiger partial charge on any atom is -0.478 e. The Morgan fingerprint density at radius 3 is 1.71 bits per heavy atom. The maximum absolute atomic E-state index is 10.6. The molecule has 108 valence electrons. The topological polar surface area (TPSA) is 112 Å². The van der Waals surface area contributed by atoms with Crippen molar-refractivity contribution in [2.24, 2.45) is 0 Å². The van der Waals surface area contributed by atoms with Crippen LogP contribution < -0.4 is 0 Å². The second-order valence-corrected chi connectivity index (χ2v) is 3.90. The lowest BCUT2D eigenvalue weighted by Gasteiger charge is -2.03. The van der Waals surface area contributed by atoms with Gasteiger partial charge >= 0.3 is 17.9 Å². The molecule has 0 atom stereocenters. The first kappa shape index (κ1) is 15.9. The second-order valence-electron chi connectivity index (χ2n) is 3.90. The van der Waals surface area contributed by atoms with Crippen LogP contribution in [0.25, 0.3) is 18.2 Å². The number of rotatable bonds is 6. The van der Waals surface area contributed by atoms with Crippen LogP contribution in [-0.4, -0.2) is 33.2 Å². The minimum absolute atomic E-state index is 0.461. The van der Waals surface area contributed by atoms with Gasteiger partial charge in [-0.05, 0) is 41.0 Å². The van der Waals surface area contributed by atoms with E-state index < -0.39 is 17.9 Å². The number of hydrogen-bond donors (Lipinski definition) is 3. The van der Waals surface area contributed by atoms with Crippen LogP contribution in [0.3, 0.4) is 0 Å². The smallest absolute Gasteiger partial charge is 0.328 e. The molecule has 0 aliphatic heterocycles. The van der Waals surface area contributed by atoms with Crippen molar-refractivity contribution in [1.29, 1.82) is 0 Å². The molecule has 6 nitrogen and oxygen atoms in total. The van der Waals surface area contributed by atoms with Crippen LogP contribution >= 0.6 is 0 Å². The first-order valence-electron chi connectivity index (χ1n) is 5.75. The maximum Gasteiger partial charge on any atom is 0.328 e. The Bertz CT molecular complexity index is 652. The van der Waals surface area contributed by atoms with E-state index in [-0.39, 0.29) is 0 Å². The quantitative estimate of drug-likeness (QED) is 0.690. The molecule has 0 bridgehead atoms. The van der Waals surface area contributed by atoms with Crippen LogP contribution in [0.2, 0.25) is 0 Å². The van der Waals surface area contributed by atoms with Gasteiger partial charge in [-0.25, -0.2) is 14.4 Å². The van der Waals surface area contributed by atoms with E-state index >= 15 is 0 Å². The lowest BCUT2D eigenvalue weighted by atomic mass is 10.0. The SMILES string of the molecule is O=C(O)/C=C/c1ccc(/C=C/C(=O)O)c(/C=C/C(=O)O)c1. The fourth-order valence-corrected chi connectivity index (χ4v) is 1.48. The lowest BCUT2D eigenvalue weighted by molar-refractivity contribution is -0.132. The standard InChI is InChI=1S/C15H12O6/c16-13(17)6-2-10-1-3-11(4-7-14(18)19)12(9-10)5-8-15(20)21/h1-9H,(H,16,17)(H,18,19)(H,20,21)/b6-2+,7-4+,8-5+. The van der Waals surface area contributed by atoms with E-state index in [1.54, 1.807) is 18.2 Å². The summed E-state index contributed by atoms with van der Waals surface area (Å²) in [5.41, 5.74) is 1.51. The van der Waals surface area contributed by atoms with Crippen molar-refractivity contribution in [2.75, 3.05) is 0 Å². The highest BCUT2D eigenvalue weighted by Gasteiger charge is 2.00. The van der Waals surface area contributed by atoms with Crippen molar-refractivity contribution in [2.45, 2.75) is 0 Å². The molecule has 0 aliphatic carbocycles. The molecule has 0 saturated heterocycles. The monoisotopic (exact) mass is 288 g/mol. The van der Waals surface area contributed by atoms with Gasteiger partial charge < -0.3 is 15.3 Å². The number of carbonyl (C=O) groups is 3. The Morgan fingerprint density at radius 1 is 0.714 bits per heavy atom. The third kappa shape index (κ3) is 6.02. The molecule has 6 heteroatoms. The summed E-state index contributed by atoms with van der Waals surface area (Å²) in [4.78, 5) is 31.5. The molecule has 0 aromatic heterocycles. The van der Waals surface area contributed by atoms with E-state index in [4.69, 9.17) is 15.3 Å². The Morgan fingerprint density at radius 2 is 1.19 bits per heavy atom. The van der Waals surface area contributed by atoms with Gasteiger partial charge in [-0.3, -0.25) is 0 Å². The summed E-state index contributed by atoms with van der Waals surface area (Å²) < 4.78 is 0. The largest absolute Gasteiger partial charge is 0.478 e. The molecule has 1 rings (SSSR count). The van der Waals surface area contributed by atoms with Gasteiger partial charge in [-0.2, -0.15) is 0 Å². The van der Waals surface area contributed by atoms with Crippen LogP contribution in [0.5, 0.6) is 0 Å². The zero-order chi connectivity index (χ0) is 15.8. The molecule has 0 amide bonds. The predicted octanol–water partition coefficient (Wildman–Crippen LogP) is 1.98. The predicted molar refractivity (Wildman–Crippen MR) is 76.5 cm³/mol. The van der Waals surface area contributed by atoms with E-state index in [0.29, 0.717) is 16.7 Å². The first-order chi connectivity index (χ1) is 9.88. The zero-order valence-corrected chi connectivity index (χ0v) is 10.8. The highest BCUT2D eigenvalue weighted by Crippen LogP contribution is 2.17. The molecular formula is C15H12O6. The van der Waals surface area contributed by atoms with Gasteiger partial charge in [-0.15, -0.1) is 0 Å². The molecule has 0 heterocycles. The number of benzene rings is 1. The van der Waals surface area contributed by atoms with Gasteiger partial charge in [-0.1, -0.05) is 12.1 Å². The molecule has 1 aromatic rings. The molecule has 0 saturated carbocycles. The average molecular weight is 288 g/mol. The molecule has 0 radical (unpaired) electrons. The normalized spacial score (nSPS) is 11.4. The summed E-state index contributed by atoms with van der Waals surface area (Å²) in [6.07, 6.45) is 6.78. The Kier molecular flexibility index (Phi) is 5.64. The van der Waals surface area contributed by atoms with Crippen molar-refractivity contribution in [1.82, 2.24) is 0 Å². The summed E-state index contributed by atoms with van der Waals surface area (Å²) >= 11 is 0. The van der Waals surface area contributed by atoms with Crippen molar-refractivity contribution in [3.63, 3.8) is 0 Å². The maximum atomic E-state index is 10.6. The molecule has 0 spiro atoms. The van der Waals surface area contributed by atoms with E-state index in [1.807, 2.05) is 0 Å². The third-order valence-corrected chi connectivity index (χ3v) is 2.34. The summed E-state index contributed by atoms with van der Waals surface area (Å²) in [5, 5.41) is 25.8. The van der Waals surface area contributed by atoms with E-state index in [1.165, 1.54) is 18.2 Å². The van der Waals surface area contributed by atoms with Crippen LogP contribution in [0, 0.1) is 0 Å². The van der Waals surface area contributed by atoms with Crippen LogP contribution in [0.4, 0.5) is 0 Å². The van der Waals surface area contributed by atoms with E-state index in [9.17, 15) is 14.4 Å². The number of carboxylic acids is 3. The van der Waals surface area contributed by atoms with Crippen molar-refractivity contribution < 1.29 is 29.7 Å². The van der Waals surface area contributed by atoms with E-state index in [0.717, 1.165) is 18.2 Å². The fourth-order valence-electron chi connectivity index (χ4n) is 1.48. The Labute approximate surface area is 120 Å². The van der Waals surface area contributed by atoms with Crippen molar-refractivity contribution in [3.8, 4) is 0 Å². The van der Waals surface area contributed by atoms with Gasteiger partial charge in [0, 0.05) is 18.2 Å². The first-order valence-corrected chi connectivity index (χ1v) is 5.75. The van der Waals surface area contributed by atoms with Gasteiger partial charge in [0.25, 0.3) is 0 Å². The van der Waals surface area contributed by atoms with Crippen LogP contribution in [-0.2, 0) is 14.4 Å². The molecule has 0 aliphatic rings. The molecule has 0 unspecified atom stereocenters. The highest BCUT2D eigenvalue weighted by atomic mass is 16.4. The van der Waals surface area contributed by atoms with Gasteiger partial charge in [0.05, 0.1) is 0 Å². The van der Waals surface area contributed by atoms with Crippen molar-refractivity contribution >= 4 is 36.1 Å². The lowest BCUT2D eigenvalue weighted by Crippen LogP contribution is -1.91. The van der Waals surface area contributed by atoms with E-state index in [2.05, 4.69) is 0 Å². The Balaban J connectivity index is 3.22. The third-order valence-electron chi connectivity index (χ3n) is 2.34.